The Bertz CT molecular complexity index is 641. The number of aliphatic hydroxyl groups excluding tert-OH is 1. The van der Waals surface area contributed by atoms with Gasteiger partial charge in [0.1, 0.15) is 11.6 Å². The fourth-order valence-corrected chi connectivity index (χ4v) is 3.35. The highest BCUT2D eigenvalue weighted by Gasteiger charge is 2.24. The van der Waals surface area contributed by atoms with Crippen molar-refractivity contribution in [3.05, 3.63) is 35.9 Å². The van der Waals surface area contributed by atoms with Crippen LogP contribution in [0, 0.1) is 5.82 Å². The quantitative estimate of drug-likeness (QED) is 0.892. The van der Waals surface area contributed by atoms with E-state index in [1.807, 2.05) is 16.5 Å². The van der Waals surface area contributed by atoms with Gasteiger partial charge in [0, 0.05) is 25.2 Å². The number of benzene rings is 1. The van der Waals surface area contributed by atoms with Gasteiger partial charge in [-0.3, -0.25) is 4.57 Å². The van der Waals surface area contributed by atoms with E-state index in [-0.39, 0.29) is 24.8 Å². The third-order valence-corrected chi connectivity index (χ3v) is 4.56. The Labute approximate surface area is 147 Å². The first-order chi connectivity index (χ1) is 11.2. The molecule has 3 rings (SSSR count). The van der Waals surface area contributed by atoms with Crippen LogP contribution in [-0.4, -0.2) is 33.0 Å². The molecule has 1 N–H and O–H groups in total. The van der Waals surface area contributed by atoms with E-state index in [4.69, 9.17) is 0 Å². The zero-order valence-electron chi connectivity index (χ0n) is 13.9. The molecule has 5 nitrogen and oxygen atoms in total. The van der Waals surface area contributed by atoms with Crippen LogP contribution in [0.25, 0.3) is 0 Å². The van der Waals surface area contributed by atoms with Crippen molar-refractivity contribution >= 4 is 24.0 Å². The van der Waals surface area contributed by atoms with Gasteiger partial charge in [-0.25, -0.2) is 4.39 Å². The zero-order chi connectivity index (χ0) is 16.2. The SMILES string of the molecule is Cl.Cn1c(C2CCCCC2)nnc1N(CCO)c1ccc(F)cc1. The smallest absolute Gasteiger partial charge is 0.231 e. The van der Waals surface area contributed by atoms with Crippen LogP contribution >= 0.6 is 12.4 Å². The molecule has 24 heavy (non-hydrogen) atoms. The molecule has 1 aromatic carbocycles. The normalized spacial score (nSPS) is 15.1. The molecule has 1 aromatic heterocycles. The first kappa shape index (κ1) is 18.7. The van der Waals surface area contributed by atoms with E-state index in [2.05, 4.69) is 10.2 Å². The highest BCUT2D eigenvalue weighted by Crippen LogP contribution is 2.33. The lowest BCUT2D eigenvalue weighted by Crippen LogP contribution is -2.24. The molecule has 132 valence electrons. The Kier molecular flexibility index (Phi) is 6.57. The Hall–Kier alpha value is -1.66. The van der Waals surface area contributed by atoms with Gasteiger partial charge in [0.25, 0.3) is 0 Å². The summed E-state index contributed by atoms with van der Waals surface area (Å²) in [5.74, 6) is 1.87. The van der Waals surface area contributed by atoms with Crippen LogP contribution in [0.3, 0.4) is 0 Å². The minimum absolute atomic E-state index is 0. The van der Waals surface area contributed by atoms with E-state index in [0.717, 1.165) is 24.4 Å². The van der Waals surface area contributed by atoms with Gasteiger partial charge < -0.3 is 10.0 Å². The average molecular weight is 355 g/mol. The summed E-state index contributed by atoms with van der Waals surface area (Å²) in [4.78, 5) is 1.87. The molecule has 1 heterocycles. The first-order valence-electron chi connectivity index (χ1n) is 8.24. The van der Waals surface area contributed by atoms with E-state index in [1.54, 1.807) is 12.1 Å². The van der Waals surface area contributed by atoms with Crippen molar-refractivity contribution in [1.82, 2.24) is 14.8 Å². The van der Waals surface area contributed by atoms with Gasteiger partial charge in [-0.1, -0.05) is 19.3 Å². The minimum atomic E-state index is -0.279. The van der Waals surface area contributed by atoms with E-state index >= 15 is 0 Å². The number of aliphatic hydroxyl groups is 1. The molecule has 2 aromatic rings. The molecule has 0 radical (unpaired) electrons. The molecule has 0 saturated heterocycles. The number of hydrogen-bond donors (Lipinski definition) is 1. The molecular formula is C17H24ClFN4O. The lowest BCUT2D eigenvalue weighted by molar-refractivity contribution is 0.305. The molecule has 1 aliphatic rings. The highest BCUT2D eigenvalue weighted by atomic mass is 35.5. The summed E-state index contributed by atoms with van der Waals surface area (Å²) in [6.45, 7) is 0.380. The van der Waals surface area contributed by atoms with E-state index < -0.39 is 0 Å². The van der Waals surface area contributed by atoms with Gasteiger partial charge >= 0.3 is 0 Å². The largest absolute Gasteiger partial charge is 0.395 e. The Morgan fingerprint density at radius 1 is 1.17 bits per heavy atom. The molecule has 0 amide bonds. The standard InChI is InChI=1S/C17H23FN4O.ClH/c1-21-16(13-5-3-2-4-6-13)19-20-17(21)22(11-12-23)15-9-7-14(18)8-10-15;/h7-10,13,23H,2-6,11-12H2,1H3;1H. The third-order valence-electron chi connectivity index (χ3n) is 4.56. The lowest BCUT2D eigenvalue weighted by Gasteiger charge is -2.24. The number of rotatable bonds is 5. The fraction of sp³-hybridized carbons (Fsp3) is 0.529. The van der Waals surface area contributed by atoms with Crippen LogP contribution in [0.2, 0.25) is 0 Å². The van der Waals surface area contributed by atoms with Gasteiger partial charge in [0.2, 0.25) is 5.95 Å². The van der Waals surface area contributed by atoms with Crippen molar-refractivity contribution in [2.45, 2.75) is 38.0 Å². The summed E-state index contributed by atoms with van der Waals surface area (Å²) in [5, 5.41) is 18.1. The second-order valence-corrected chi connectivity index (χ2v) is 6.10. The fourth-order valence-electron chi connectivity index (χ4n) is 3.35. The van der Waals surface area contributed by atoms with Gasteiger partial charge in [-0.15, -0.1) is 22.6 Å². The van der Waals surface area contributed by atoms with Crippen molar-refractivity contribution in [3.8, 4) is 0 Å². The molecule has 0 atom stereocenters. The van der Waals surface area contributed by atoms with Gasteiger partial charge in [0.15, 0.2) is 0 Å². The molecule has 0 aliphatic heterocycles. The van der Waals surface area contributed by atoms with Crippen LogP contribution in [0.15, 0.2) is 24.3 Å². The molecular weight excluding hydrogens is 331 g/mol. The predicted octanol–water partition coefficient (Wildman–Crippen LogP) is 3.55. The van der Waals surface area contributed by atoms with Gasteiger partial charge in [0.05, 0.1) is 6.61 Å². The third kappa shape index (κ3) is 3.87. The summed E-state index contributed by atoms with van der Waals surface area (Å²) in [6.07, 6.45) is 6.09. The summed E-state index contributed by atoms with van der Waals surface area (Å²) >= 11 is 0. The van der Waals surface area contributed by atoms with E-state index in [1.165, 1.54) is 31.4 Å². The number of nitrogens with zero attached hydrogens (tertiary/aromatic N) is 4. The van der Waals surface area contributed by atoms with Crippen LogP contribution in [0.1, 0.15) is 43.8 Å². The lowest BCUT2D eigenvalue weighted by atomic mass is 9.89. The van der Waals surface area contributed by atoms with Crippen molar-refractivity contribution in [3.63, 3.8) is 0 Å². The Balaban J connectivity index is 0.00000208. The Morgan fingerprint density at radius 3 is 2.46 bits per heavy atom. The number of anilines is 2. The zero-order valence-corrected chi connectivity index (χ0v) is 14.7. The summed E-state index contributed by atoms with van der Waals surface area (Å²) in [7, 11) is 1.97. The first-order valence-corrected chi connectivity index (χ1v) is 8.24. The van der Waals surface area contributed by atoms with Crippen LogP contribution in [0.5, 0.6) is 0 Å². The number of hydrogen-bond acceptors (Lipinski definition) is 4. The van der Waals surface area contributed by atoms with Crippen molar-refractivity contribution in [2.24, 2.45) is 7.05 Å². The maximum Gasteiger partial charge on any atom is 0.231 e. The maximum absolute atomic E-state index is 13.2. The summed E-state index contributed by atoms with van der Waals surface area (Å²) in [6, 6.07) is 6.22. The monoisotopic (exact) mass is 354 g/mol. The summed E-state index contributed by atoms with van der Waals surface area (Å²) < 4.78 is 15.2. The van der Waals surface area contributed by atoms with Crippen LogP contribution in [0.4, 0.5) is 16.0 Å². The molecule has 0 spiro atoms. The van der Waals surface area contributed by atoms with Crippen molar-refractivity contribution in [2.75, 3.05) is 18.1 Å². The number of aromatic nitrogens is 3. The van der Waals surface area contributed by atoms with Crippen LogP contribution in [-0.2, 0) is 7.05 Å². The molecule has 7 heteroatoms. The summed E-state index contributed by atoms with van der Waals surface area (Å²) in [5.41, 5.74) is 0.797. The molecule has 1 saturated carbocycles. The molecule has 0 unspecified atom stereocenters. The second kappa shape index (κ2) is 8.44. The van der Waals surface area contributed by atoms with Crippen LogP contribution < -0.4 is 4.90 Å². The van der Waals surface area contributed by atoms with Crippen molar-refractivity contribution in [1.29, 1.82) is 0 Å². The van der Waals surface area contributed by atoms with Gasteiger partial charge in [-0.2, -0.15) is 0 Å². The van der Waals surface area contributed by atoms with E-state index in [9.17, 15) is 9.50 Å². The minimum Gasteiger partial charge on any atom is -0.395 e. The van der Waals surface area contributed by atoms with E-state index in [0.29, 0.717) is 18.4 Å². The maximum atomic E-state index is 13.2. The molecule has 1 aliphatic carbocycles. The second-order valence-electron chi connectivity index (χ2n) is 6.10. The molecule has 0 bridgehead atoms. The van der Waals surface area contributed by atoms with Crippen molar-refractivity contribution < 1.29 is 9.50 Å². The number of halogens is 2. The van der Waals surface area contributed by atoms with Gasteiger partial charge in [-0.05, 0) is 37.1 Å². The highest BCUT2D eigenvalue weighted by molar-refractivity contribution is 5.85. The topological polar surface area (TPSA) is 54.2 Å². The molecule has 1 fully saturated rings. The average Bonchev–Trinajstić information content (AvgIpc) is 2.96. The Morgan fingerprint density at radius 2 is 1.83 bits per heavy atom. The predicted molar refractivity (Wildman–Crippen MR) is 94.6 cm³/mol.